The second-order valence-electron chi connectivity index (χ2n) is 9.70. The standard InChI is InChI=1S/C28H56N2/c1-4-7-9-11-13-15-17-19-21-23-28-29(24-6-3)26-27-30(28)25-22-20-18-16-14-12-10-8-5-2/h26-28H,4-25H2,1-3H3. The molecule has 0 spiro atoms. The highest BCUT2D eigenvalue weighted by Gasteiger charge is 2.24. The van der Waals surface area contributed by atoms with Gasteiger partial charge in [0.1, 0.15) is 6.17 Å². The maximum absolute atomic E-state index is 2.65. The molecule has 1 aliphatic rings. The summed E-state index contributed by atoms with van der Waals surface area (Å²) >= 11 is 0. The van der Waals surface area contributed by atoms with Crippen LogP contribution in [-0.2, 0) is 0 Å². The minimum Gasteiger partial charge on any atom is -0.356 e. The highest BCUT2D eigenvalue weighted by Crippen LogP contribution is 2.23. The second-order valence-corrected chi connectivity index (χ2v) is 9.70. The van der Waals surface area contributed by atoms with Crippen LogP contribution in [0.1, 0.15) is 149 Å². The lowest BCUT2D eigenvalue weighted by Gasteiger charge is -2.33. The molecule has 0 saturated heterocycles. The van der Waals surface area contributed by atoms with E-state index in [9.17, 15) is 0 Å². The first-order valence-corrected chi connectivity index (χ1v) is 14.0. The Hall–Kier alpha value is -0.660. The zero-order chi connectivity index (χ0) is 21.7. The van der Waals surface area contributed by atoms with Crippen molar-refractivity contribution in [2.45, 2.75) is 155 Å². The summed E-state index contributed by atoms with van der Waals surface area (Å²) in [4.78, 5) is 5.26. The fourth-order valence-electron chi connectivity index (χ4n) is 4.84. The second kappa shape index (κ2) is 20.3. The van der Waals surface area contributed by atoms with Gasteiger partial charge in [0.2, 0.25) is 0 Å². The van der Waals surface area contributed by atoms with Gasteiger partial charge in [-0.2, -0.15) is 0 Å². The summed E-state index contributed by atoms with van der Waals surface area (Å²) in [6.45, 7) is 9.39. The normalized spacial score (nSPS) is 16.2. The Labute approximate surface area is 190 Å². The molecule has 0 N–H and O–H groups in total. The maximum atomic E-state index is 2.65. The summed E-state index contributed by atoms with van der Waals surface area (Å²) in [5, 5.41) is 0. The first-order valence-electron chi connectivity index (χ1n) is 14.0. The molecule has 1 rings (SSSR count). The van der Waals surface area contributed by atoms with Gasteiger partial charge in [0.15, 0.2) is 0 Å². The van der Waals surface area contributed by atoms with Gasteiger partial charge < -0.3 is 9.80 Å². The van der Waals surface area contributed by atoms with E-state index in [1.165, 1.54) is 142 Å². The van der Waals surface area contributed by atoms with Gasteiger partial charge in [-0.05, 0) is 25.7 Å². The molecule has 0 aromatic carbocycles. The number of hydrogen-bond acceptors (Lipinski definition) is 2. The average molecular weight is 421 g/mol. The van der Waals surface area contributed by atoms with E-state index in [1.54, 1.807) is 0 Å². The molecule has 0 aromatic heterocycles. The van der Waals surface area contributed by atoms with E-state index < -0.39 is 0 Å². The van der Waals surface area contributed by atoms with Crippen molar-refractivity contribution in [3.8, 4) is 0 Å². The van der Waals surface area contributed by atoms with E-state index >= 15 is 0 Å². The summed E-state index contributed by atoms with van der Waals surface area (Å²) in [7, 11) is 0. The summed E-state index contributed by atoms with van der Waals surface area (Å²) < 4.78 is 0. The van der Waals surface area contributed by atoms with E-state index in [0.29, 0.717) is 6.17 Å². The molecular formula is C28H56N2. The lowest BCUT2D eigenvalue weighted by molar-refractivity contribution is 0.137. The molecule has 30 heavy (non-hydrogen) atoms. The molecule has 0 amide bonds. The van der Waals surface area contributed by atoms with Gasteiger partial charge in [0.25, 0.3) is 0 Å². The van der Waals surface area contributed by atoms with Crippen molar-refractivity contribution < 1.29 is 0 Å². The molecule has 0 bridgehead atoms. The molecule has 1 atom stereocenters. The van der Waals surface area contributed by atoms with Gasteiger partial charge in [-0.15, -0.1) is 0 Å². The molecule has 1 unspecified atom stereocenters. The third kappa shape index (κ3) is 13.6. The van der Waals surface area contributed by atoms with Crippen LogP contribution in [-0.4, -0.2) is 29.1 Å². The van der Waals surface area contributed by atoms with Crippen LogP contribution in [0.15, 0.2) is 12.4 Å². The predicted octanol–water partition coefficient (Wildman–Crippen LogP) is 9.26. The van der Waals surface area contributed by atoms with Crippen LogP contribution in [0.5, 0.6) is 0 Å². The Morgan fingerprint density at radius 1 is 0.433 bits per heavy atom. The van der Waals surface area contributed by atoms with Gasteiger partial charge in [-0.25, -0.2) is 0 Å². The van der Waals surface area contributed by atoms with Crippen molar-refractivity contribution in [1.82, 2.24) is 9.80 Å². The molecule has 2 heteroatoms. The smallest absolute Gasteiger partial charge is 0.101 e. The first-order chi connectivity index (χ1) is 14.8. The fraction of sp³-hybridized carbons (Fsp3) is 0.929. The van der Waals surface area contributed by atoms with Crippen molar-refractivity contribution in [3.63, 3.8) is 0 Å². The lowest BCUT2D eigenvalue weighted by Crippen LogP contribution is -2.39. The molecule has 1 aliphatic heterocycles. The van der Waals surface area contributed by atoms with Crippen LogP contribution in [0.2, 0.25) is 0 Å². The highest BCUT2D eigenvalue weighted by molar-refractivity contribution is 4.96. The molecule has 0 saturated carbocycles. The minimum atomic E-state index is 0.642. The number of nitrogens with zero attached hydrogens (tertiary/aromatic N) is 2. The van der Waals surface area contributed by atoms with Crippen molar-refractivity contribution in [2.24, 2.45) is 0 Å². The Morgan fingerprint density at radius 2 is 0.833 bits per heavy atom. The van der Waals surface area contributed by atoms with Crippen molar-refractivity contribution in [1.29, 1.82) is 0 Å². The third-order valence-electron chi connectivity index (χ3n) is 6.78. The molecule has 0 radical (unpaired) electrons. The monoisotopic (exact) mass is 420 g/mol. The Morgan fingerprint density at radius 3 is 1.30 bits per heavy atom. The topological polar surface area (TPSA) is 6.48 Å². The minimum absolute atomic E-state index is 0.642. The van der Waals surface area contributed by atoms with Crippen LogP contribution >= 0.6 is 0 Å². The van der Waals surface area contributed by atoms with Crippen molar-refractivity contribution in [3.05, 3.63) is 12.4 Å². The Balaban J connectivity index is 2.12. The predicted molar refractivity (Wildman–Crippen MR) is 136 cm³/mol. The van der Waals surface area contributed by atoms with Crippen LogP contribution in [0, 0.1) is 0 Å². The van der Waals surface area contributed by atoms with Crippen molar-refractivity contribution in [2.75, 3.05) is 13.1 Å². The van der Waals surface area contributed by atoms with Crippen LogP contribution in [0.25, 0.3) is 0 Å². The van der Waals surface area contributed by atoms with Crippen LogP contribution in [0.3, 0.4) is 0 Å². The van der Waals surface area contributed by atoms with Crippen molar-refractivity contribution >= 4 is 0 Å². The fourth-order valence-corrected chi connectivity index (χ4v) is 4.84. The van der Waals surface area contributed by atoms with Crippen LogP contribution < -0.4 is 0 Å². The van der Waals surface area contributed by atoms with E-state index in [4.69, 9.17) is 0 Å². The summed E-state index contributed by atoms with van der Waals surface area (Å²) in [6, 6.07) is 0. The largest absolute Gasteiger partial charge is 0.356 e. The van der Waals surface area contributed by atoms with Crippen LogP contribution in [0.4, 0.5) is 0 Å². The van der Waals surface area contributed by atoms with E-state index in [0.717, 1.165) is 0 Å². The summed E-state index contributed by atoms with van der Waals surface area (Å²) in [6.07, 6.45) is 33.7. The zero-order valence-corrected chi connectivity index (χ0v) is 21.2. The number of rotatable bonds is 22. The molecular weight excluding hydrogens is 364 g/mol. The highest BCUT2D eigenvalue weighted by atomic mass is 15.4. The quantitative estimate of drug-likeness (QED) is 0.161. The SMILES string of the molecule is CCCCCCCCCCCC1N(CCC)C=CN1CCCCCCCCCCC. The average Bonchev–Trinajstić information content (AvgIpc) is 3.13. The molecule has 0 fully saturated rings. The van der Waals surface area contributed by atoms with Gasteiger partial charge in [0.05, 0.1) is 0 Å². The first kappa shape index (κ1) is 27.4. The van der Waals surface area contributed by atoms with Gasteiger partial charge in [-0.3, -0.25) is 0 Å². The van der Waals surface area contributed by atoms with E-state index in [-0.39, 0.29) is 0 Å². The number of unbranched alkanes of at least 4 members (excludes halogenated alkanes) is 16. The Kier molecular flexibility index (Phi) is 18.5. The molecule has 1 heterocycles. The molecule has 0 aromatic rings. The van der Waals surface area contributed by atoms with Gasteiger partial charge >= 0.3 is 0 Å². The van der Waals surface area contributed by atoms with E-state index in [1.807, 2.05) is 0 Å². The van der Waals surface area contributed by atoms with Gasteiger partial charge in [0, 0.05) is 25.5 Å². The summed E-state index contributed by atoms with van der Waals surface area (Å²) in [5.74, 6) is 0. The van der Waals surface area contributed by atoms with E-state index in [2.05, 4.69) is 43.0 Å². The zero-order valence-electron chi connectivity index (χ0n) is 21.2. The van der Waals surface area contributed by atoms with Gasteiger partial charge in [-0.1, -0.05) is 124 Å². The molecule has 2 nitrogen and oxygen atoms in total. The number of hydrogen-bond donors (Lipinski definition) is 0. The molecule has 0 aliphatic carbocycles. The Bertz CT molecular complexity index is 379. The molecule has 178 valence electrons. The lowest BCUT2D eigenvalue weighted by atomic mass is 10.1. The summed E-state index contributed by atoms with van der Waals surface area (Å²) in [5.41, 5.74) is 0. The third-order valence-corrected chi connectivity index (χ3v) is 6.78. The maximum Gasteiger partial charge on any atom is 0.101 e.